The number of hydrogen-bond donors (Lipinski definition) is 0. The first-order chi connectivity index (χ1) is 11.1. The van der Waals surface area contributed by atoms with Crippen molar-refractivity contribution in [3.8, 4) is 0 Å². The number of aromatic nitrogens is 1. The van der Waals surface area contributed by atoms with Gasteiger partial charge >= 0.3 is 0 Å². The van der Waals surface area contributed by atoms with Gasteiger partial charge in [-0.1, -0.05) is 13.0 Å². The fourth-order valence-electron chi connectivity index (χ4n) is 3.89. The Balaban J connectivity index is 1.54. The number of amides is 1. The van der Waals surface area contributed by atoms with E-state index >= 15 is 0 Å². The Morgan fingerprint density at radius 3 is 2.52 bits per heavy atom. The van der Waals surface area contributed by atoms with Crippen molar-refractivity contribution >= 4 is 5.91 Å². The number of nitrogens with zero attached hydrogens (tertiary/aromatic N) is 3. The van der Waals surface area contributed by atoms with E-state index in [0.29, 0.717) is 11.3 Å². The second-order valence-electron chi connectivity index (χ2n) is 7.35. The summed E-state index contributed by atoms with van der Waals surface area (Å²) in [6.45, 7) is 6.32. The first-order valence-electron chi connectivity index (χ1n) is 9.00. The molecule has 4 nitrogen and oxygen atoms in total. The molecule has 0 radical (unpaired) electrons. The van der Waals surface area contributed by atoms with Gasteiger partial charge in [-0.2, -0.15) is 0 Å². The number of carbonyl (C=O) groups excluding carboxylic acids is 1. The molecule has 4 heteroatoms. The normalized spacial score (nSPS) is 22.3. The summed E-state index contributed by atoms with van der Waals surface area (Å²) in [5.41, 5.74) is 2.88. The van der Waals surface area contributed by atoms with Gasteiger partial charge in [0.15, 0.2) is 0 Å². The van der Waals surface area contributed by atoms with E-state index < -0.39 is 0 Å². The van der Waals surface area contributed by atoms with Crippen molar-refractivity contribution in [1.82, 2.24) is 14.8 Å². The van der Waals surface area contributed by atoms with Gasteiger partial charge in [0, 0.05) is 32.8 Å². The monoisotopic (exact) mass is 315 g/mol. The summed E-state index contributed by atoms with van der Waals surface area (Å²) in [6, 6.07) is 4.36. The number of pyridine rings is 1. The van der Waals surface area contributed by atoms with Crippen LogP contribution in [-0.4, -0.2) is 47.4 Å². The average Bonchev–Trinajstić information content (AvgIpc) is 2.72. The number of carbonyl (C=O) groups is 1. The van der Waals surface area contributed by atoms with Gasteiger partial charge in [0.2, 0.25) is 5.91 Å². The van der Waals surface area contributed by atoms with Gasteiger partial charge < -0.3 is 4.90 Å². The minimum absolute atomic E-state index is 0.324. The minimum Gasteiger partial charge on any atom is -0.346 e. The summed E-state index contributed by atoms with van der Waals surface area (Å²) >= 11 is 0. The molecule has 23 heavy (non-hydrogen) atoms. The third kappa shape index (κ3) is 3.92. The fraction of sp³-hybridized carbons (Fsp3) is 0.684. The molecular weight excluding hydrogens is 286 g/mol. The molecule has 0 bridgehead atoms. The van der Waals surface area contributed by atoms with Crippen molar-refractivity contribution in [3.05, 3.63) is 29.6 Å². The molecule has 126 valence electrons. The molecule has 1 aromatic heterocycles. The van der Waals surface area contributed by atoms with E-state index in [-0.39, 0.29) is 0 Å². The Bertz CT molecular complexity index is 532. The molecule has 3 heterocycles. The Morgan fingerprint density at radius 1 is 1.13 bits per heavy atom. The zero-order valence-corrected chi connectivity index (χ0v) is 14.6. The lowest BCUT2D eigenvalue weighted by Gasteiger charge is -2.41. The molecule has 0 aliphatic carbocycles. The lowest BCUT2D eigenvalue weighted by Crippen LogP contribution is -2.40. The Labute approximate surface area is 139 Å². The van der Waals surface area contributed by atoms with Gasteiger partial charge in [0.05, 0.1) is 5.69 Å². The second kappa shape index (κ2) is 7.00. The van der Waals surface area contributed by atoms with Gasteiger partial charge in [-0.25, -0.2) is 0 Å². The van der Waals surface area contributed by atoms with Crippen LogP contribution in [0.2, 0.25) is 0 Å². The van der Waals surface area contributed by atoms with Crippen molar-refractivity contribution in [2.24, 2.45) is 5.41 Å². The van der Waals surface area contributed by atoms with E-state index in [0.717, 1.165) is 45.4 Å². The van der Waals surface area contributed by atoms with Gasteiger partial charge in [-0.3, -0.25) is 14.7 Å². The molecule has 0 unspecified atom stereocenters. The lowest BCUT2D eigenvalue weighted by molar-refractivity contribution is -0.129. The van der Waals surface area contributed by atoms with Crippen molar-refractivity contribution in [2.75, 3.05) is 26.7 Å². The summed E-state index contributed by atoms with van der Waals surface area (Å²) < 4.78 is 0. The molecule has 0 N–H and O–H groups in total. The van der Waals surface area contributed by atoms with Crippen LogP contribution >= 0.6 is 0 Å². The van der Waals surface area contributed by atoms with E-state index in [9.17, 15) is 4.79 Å². The third-order valence-corrected chi connectivity index (χ3v) is 5.87. The van der Waals surface area contributed by atoms with E-state index in [1.165, 1.54) is 30.5 Å². The van der Waals surface area contributed by atoms with Crippen LogP contribution in [0.1, 0.15) is 50.3 Å². The van der Waals surface area contributed by atoms with Crippen LogP contribution in [0.4, 0.5) is 0 Å². The van der Waals surface area contributed by atoms with E-state index in [4.69, 9.17) is 0 Å². The van der Waals surface area contributed by atoms with Crippen LogP contribution in [0.5, 0.6) is 0 Å². The molecule has 1 amide bonds. The molecule has 2 fully saturated rings. The maximum atomic E-state index is 11.9. The minimum atomic E-state index is 0.324. The predicted molar refractivity (Wildman–Crippen MR) is 92.0 cm³/mol. The van der Waals surface area contributed by atoms with E-state index in [1.54, 1.807) is 0 Å². The summed E-state index contributed by atoms with van der Waals surface area (Å²) in [4.78, 5) is 20.9. The van der Waals surface area contributed by atoms with E-state index in [1.807, 2.05) is 18.1 Å². The number of hydrogen-bond acceptors (Lipinski definition) is 3. The molecule has 2 aliphatic heterocycles. The molecule has 1 spiro atoms. The van der Waals surface area contributed by atoms with Crippen molar-refractivity contribution in [1.29, 1.82) is 0 Å². The molecule has 2 aliphatic rings. The standard InChI is InChI=1S/C19H29N3O/c1-3-16-4-5-17(20-14-16)15-22-12-9-19(10-13-22)7-6-18(23)21(2)11-8-19/h4-5,14H,3,6-13,15H2,1-2H3. The fourth-order valence-corrected chi connectivity index (χ4v) is 3.89. The number of rotatable bonds is 3. The van der Waals surface area contributed by atoms with Crippen molar-refractivity contribution in [3.63, 3.8) is 0 Å². The highest BCUT2D eigenvalue weighted by molar-refractivity contribution is 5.76. The highest BCUT2D eigenvalue weighted by atomic mass is 16.2. The quantitative estimate of drug-likeness (QED) is 0.860. The van der Waals surface area contributed by atoms with Crippen LogP contribution in [0, 0.1) is 5.41 Å². The first-order valence-corrected chi connectivity index (χ1v) is 9.00. The summed E-state index contributed by atoms with van der Waals surface area (Å²) in [6.07, 6.45) is 8.49. The van der Waals surface area contributed by atoms with Gasteiger partial charge in [-0.05, 0) is 62.2 Å². The number of piperidine rings is 1. The topological polar surface area (TPSA) is 36.4 Å². The maximum Gasteiger partial charge on any atom is 0.222 e. The third-order valence-electron chi connectivity index (χ3n) is 5.87. The van der Waals surface area contributed by atoms with Crippen molar-refractivity contribution in [2.45, 2.75) is 52.0 Å². The first kappa shape index (κ1) is 16.4. The van der Waals surface area contributed by atoms with Crippen LogP contribution in [-0.2, 0) is 17.8 Å². The Hall–Kier alpha value is -1.42. The SMILES string of the molecule is CCc1ccc(CN2CCC3(CCC(=O)N(C)CC3)CC2)nc1. The van der Waals surface area contributed by atoms with Crippen LogP contribution in [0.3, 0.4) is 0 Å². The maximum absolute atomic E-state index is 11.9. The van der Waals surface area contributed by atoms with Crippen molar-refractivity contribution < 1.29 is 4.79 Å². The molecule has 0 aromatic carbocycles. The largest absolute Gasteiger partial charge is 0.346 e. The number of aryl methyl sites for hydroxylation is 1. The van der Waals surface area contributed by atoms with E-state index in [2.05, 4.69) is 28.9 Å². The average molecular weight is 315 g/mol. The predicted octanol–water partition coefficient (Wildman–Crippen LogP) is 2.87. The molecule has 2 saturated heterocycles. The van der Waals surface area contributed by atoms with Gasteiger partial charge in [0.25, 0.3) is 0 Å². The highest BCUT2D eigenvalue weighted by Crippen LogP contribution is 2.41. The van der Waals surface area contributed by atoms with Crippen LogP contribution in [0.15, 0.2) is 18.3 Å². The summed E-state index contributed by atoms with van der Waals surface area (Å²) in [5, 5.41) is 0. The Morgan fingerprint density at radius 2 is 1.87 bits per heavy atom. The van der Waals surface area contributed by atoms with Crippen LogP contribution < -0.4 is 0 Å². The highest BCUT2D eigenvalue weighted by Gasteiger charge is 2.37. The molecule has 3 rings (SSSR count). The van der Waals surface area contributed by atoms with Gasteiger partial charge in [0.1, 0.15) is 0 Å². The zero-order valence-electron chi connectivity index (χ0n) is 14.6. The number of likely N-dealkylation sites (tertiary alicyclic amines) is 2. The second-order valence-corrected chi connectivity index (χ2v) is 7.35. The molecular formula is C19H29N3O. The lowest BCUT2D eigenvalue weighted by atomic mass is 9.73. The molecule has 1 aromatic rings. The summed E-state index contributed by atoms with van der Waals surface area (Å²) in [7, 11) is 1.95. The van der Waals surface area contributed by atoms with Crippen LogP contribution in [0.25, 0.3) is 0 Å². The van der Waals surface area contributed by atoms with Gasteiger partial charge in [-0.15, -0.1) is 0 Å². The summed E-state index contributed by atoms with van der Waals surface area (Å²) in [5.74, 6) is 0.324. The molecule has 0 saturated carbocycles. The zero-order chi connectivity index (χ0) is 16.3. The smallest absolute Gasteiger partial charge is 0.222 e. The molecule has 0 atom stereocenters. The Kier molecular flexibility index (Phi) is 5.00.